The Balaban J connectivity index is 1.69. The summed E-state index contributed by atoms with van der Waals surface area (Å²) in [4.78, 5) is 16.3. The van der Waals surface area contributed by atoms with Crippen LogP contribution in [-0.2, 0) is 23.0 Å². The summed E-state index contributed by atoms with van der Waals surface area (Å²) in [7, 11) is -3.87. The fourth-order valence-electron chi connectivity index (χ4n) is 3.20. The number of thiophene rings is 1. The fourth-order valence-corrected chi connectivity index (χ4v) is 5.11. The van der Waals surface area contributed by atoms with Gasteiger partial charge in [0.1, 0.15) is 0 Å². The van der Waals surface area contributed by atoms with Crippen molar-refractivity contribution in [3.05, 3.63) is 81.2 Å². The molecule has 1 N–H and O–H groups in total. The predicted molar refractivity (Wildman–Crippen MR) is 111 cm³/mol. The molecule has 0 aliphatic rings. The maximum Gasteiger partial charge on any atom is 0.419 e. The van der Waals surface area contributed by atoms with Crippen molar-refractivity contribution in [3.8, 4) is 0 Å². The Morgan fingerprint density at radius 3 is 2.79 bits per heavy atom. The van der Waals surface area contributed by atoms with E-state index in [2.05, 4.69) is 9.71 Å². The van der Waals surface area contributed by atoms with Gasteiger partial charge in [-0.3, -0.25) is 9.55 Å². The number of aromatic nitrogens is 2. The normalized spacial score (nSPS) is 13.0. The van der Waals surface area contributed by atoms with E-state index in [1.54, 1.807) is 35.7 Å². The number of oxazole rings is 1. The van der Waals surface area contributed by atoms with Crippen LogP contribution in [0.1, 0.15) is 24.2 Å². The largest absolute Gasteiger partial charge is 0.419 e. The molecule has 7 nitrogen and oxygen atoms in total. The Kier molecular flexibility index (Phi) is 5.35. The summed E-state index contributed by atoms with van der Waals surface area (Å²) in [6.45, 7) is 2.27. The molecule has 0 aliphatic carbocycles. The van der Waals surface area contributed by atoms with Crippen LogP contribution in [0.5, 0.6) is 0 Å². The molecule has 4 aromatic rings. The first-order chi connectivity index (χ1) is 14.0. The number of hydrogen-bond acceptors (Lipinski definition) is 6. The Morgan fingerprint density at radius 1 is 1.24 bits per heavy atom. The summed E-state index contributed by atoms with van der Waals surface area (Å²) in [5, 5.41) is 3.94. The van der Waals surface area contributed by atoms with Crippen molar-refractivity contribution in [2.24, 2.45) is 0 Å². The zero-order valence-corrected chi connectivity index (χ0v) is 17.2. The molecule has 3 aromatic heterocycles. The summed E-state index contributed by atoms with van der Waals surface area (Å²) in [6.07, 6.45) is 2.11. The molecule has 0 saturated heterocycles. The van der Waals surface area contributed by atoms with E-state index in [-0.39, 0.29) is 10.5 Å². The van der Waals surface area contributed by atoms with Gasteiger partial charge >= 0.3 is 5.76 Å². The summed E-state index contributed by atoms with van der Waals surface area (Å²) in [5.74, 6) is -0.506. The highest BCUT2D eigenvalue weighted by Crippen LogP contribution is 2.23. The van der Waals surface area contributed by atoms with Crippen molar-refractivity contribution in [2.45, 2.75) is 30.8 Å². The van der Waals surface area contributed by atoms with Crippen LogP contribution in [0.3, 0.4) is 0 Å². The molecule has 1 aromatic carbocycles. The Morgan fingerprint density at radius 2 is 2.10 bits per heavy atom. The maximum absolute atomic E-state index is 13.1. The number of aryl methyl sites for hydroxylation is 1. The van der Waals surface area contributed by atoms with E-state index in [9.17, 15) is 13.2 Å². The molecule has 0 spiro atoms. The highest BCUT2D eigenvalue weighted by molar-refractivity contribution is 7.89. The molecule has 29 heavy (non-hydrogen) atoms. The fraction of sp³-hybridized carbons (Fsp3) is 0.200. The summed E-state index contributed by atoms with van der Waals surface area (Å²) >= 11 is 1.56. The van der Waals surface area contributed by atoms with E-state index < -0.39 is 21.8 Å². The number of rotatable bonds is 7. The van der Waals surface area contributed by atoms with Crippen LogP contribution in [-0.4, -0.2) is 18.0 Å². The molecule has 4 rings (SSSR count). The van der Waals surface area contributed by atoms with Gasteiger partial charge in [-0.25, -0.2) is 17.9 Å². The van der Waals surface area contributed by atoms with Crippen molar-refractivity contribution in [2.75, 3.05) is 0 Å². The number of fused-ring (bicyclic) bond motifs is 1. The highest BCUT2D eigenvalue weighted by atomic mass is 32.2. The second-order valence-corrected chi connectivity index (χ2v) is 9.00. The number of nitrogens with zero attached hydrogens (tertiary/aromatic N) is 2. The van der Waals surface area contributed by atoms with E-state index >= 15 is 0 Å². The van der Waals surface area contributed by atoms with Gasteiger partial charge in [0, 0.05) is 18.8 Å². The molecule has 150 valence electrons. The number of hydrogen-bond donors (Lipinski definition) is 1. The number of nitrogens with one attached hydrogen (secondary N) is 1. The average Bonchev–Trinajstić information content (AvgIpc) is 3.33. The molecule has 3 heterocycles. The summed E-state index contributed by atoms with van der Waals surface area (Å²) < 4.78 is 35.6. The van der Waals surface area contributed by atoms with Gasteiger partial charge in [0.05, 0.1) is 22.1 Å². The first-order valence-corrected chi connectivity index (χ1v) is 11.5. The molecule has 0 amide bonds. The van der Waals surface area contributed by atoms with Crippen molar-refractivity contribution in [1.82, 2.24) is 14.3 Å². The zero-order valence-electron chi connectivity index (χ0n) is 15.6. The monoisotopic (exact) mass is 429 g/mol. The van der Waals surface area contributed by atoms with Crippen molar-refractivity contribution in [3.63, 3.8) is 0 Å². The van der Waals surface area contributed by atoms with Crippen molar-refractivity contribution < 1.29 is 12.8 Å². The maximum atomic E-state index is 13.1. The highest BCUT2D eigenvalue weighted by Gasteiger charge is 2.24. The average molecular weight is 430 g/mol. The van der Waals surface area contributed by atoms with Crippen LogP contribution in [0.15, 0.2) is 73.5 Å². The number of pyridine rings is 1. The minimum atomic E-state index is -3.87. The standard InChI is InChI=1S/C20H19N3O4S2/c1-2-23-18-7-6-15(12-19(18)27-20(23)24)29(25,26)22-17(11-14-8-10-28-13-14)16-5-3-4-9-21-16/h3-10,12-13,17,22H,2,11H2,1H3/t17-/m1/s1. The zero-order chi connectivity index (χ0) is 20.4. The van der Waals surface area contributed by atoms with Gasteiger partial charge in [-0.1, -0.05) is 6.07 Å². The van der Waals surface area contributed by atoms with Crippen LogP contribution in [0, 0.1) is 0 Å². The molecule has 0 fully saturated rings. The first-order valence-electron chi connectivity index (χ1n) is 9.05. The second-order valence-electron chi connectivity index (χ2n) is 6.51. The van der Waals surface area contributed by atoms with Gasteiger partial charge in [-0.2, -0.15) is 11.3 Å². The summed E-state index contributed by atoms with van der Waals surface area (Å²) in [6, 6.07) is 11.3. The van der Waals surface area contributed by atoms with Crippen LogP contribution in [0.4, 0.5) is 0 Å². The second kappa shape index (κ2) is 7.94. The summed E-state index contributed by atoms with van der Waals surface area (Å²) in [5.41, 5.74) is 2.46. The minimum Gasteiger partial charge on any atom is -0.408 e. The molecule has 0 saturated carbocycles. The lowest BCUT2D eigenvalue weighted by atomic mass is 10.1. The van der Waals surface area contributed by atoms with Crippen LogP contribution >= 0.6 is 11.3 Å². The lowest BCUT2D eigenvalue weighted by Crippen LogP contribution is -2.30. The number of sulfonamides is 1. The van der Waals surface area contributed by atoms with Crippen LogP contribution < -0.4 is 10.5 Å². The van der Waals surface area contributed by atoms with Gasteiger partial charge in [0.2, 0.25) is 10.0 Å². The minimum absolute atomic E-state index is 0.0354. The molecule has 0 radical (unpaired) electrons. The Labute approximate surface area is 171 Å². The molecular formula is C20H19N3O4S2. The van der Waals surface area contributed by atoms with E-state index in [0.29, 0.717) is 24.2 Å². The third kappa shape index (κ3) is 4.02. The number of benzene rings is 1. The smallest absolute Gasteiger partial charge is 0.408 e. The quantitative estimate of drug-likeness (QED) is 0.486. The Hall–Kier alpha value is -2.75. The van der Waals surface area contributed by atoms with Crippen molar-refractivity contribution in [1.29, 1.82) is 0 Å². The SMILES string of the molecule is CCn1c(=O)oc2cc(S(=O)(=O)N[C@H](Cc3ccsc3)c3ccccn3)ccc21. The van der Waals surface area contributed by atoms with Crippen LogP contribution in [0.2, 0.25) is 0 Å². The third-order valence-corrected chi connectivity index (χ3v) is 6.83. The molecule has 9 heteroatoms. The van der Waals surface area contributed by atoms with Crippen molar-refractivity contribution >= 4 is 32.5 Å². The van der Waals surface area contributed by atoms with Gasteiger partial charge in [-0.15, -0.1) is 0 Å². The van der Waals surface area contributed by atoms with E-state index in [1.807, 2.05) is 29.8 Å². The van der Waals surface area contributed by atoms with Gasteiger partial charge in [-0.05, 0) is 60.0 Å². The first kappa shape index (κ1) is 19.6. The third-order valence-electron chi connectivity index (χ3n) is 4.63. The van der Waals surface area contributed by atoms with E-state index in [0.717, 1.165) is 5.56 Å². The Bertz CT molecular complexity index is 1280. The van der Waals surface area contributed by atoms with Crippen LogP contribution in [0.25, 0.3) is 11.1 Å². The lowest BCUT2D eigenvalue weighted by molar-refractivity contribution is 0.512. The van der Waals surface area contributed by atoms with Gasteiger partial charge in [0.15, 0.2) is 5.58 Å². The molecular weight excluding hydrogens is 410 g/mol. The lowest BCUT2D eigenvalue weighted by Gasteiger charge is -2.18. The molecule has 1 atom stereocenters. The molecule has 0 aliphatic heterocycles. The van der Waals surface area contributed by atoms with Gasteiger partial charge in [0.25, 0.3) is 0 Å². The van der Waals surface area contributed by atoms with E-state index in [1.165, 1.54) is 16.7 Å². The predicted octanol–water partition coefficient (Wildman–Crippen LogP) is 3.33. The van der Waals surface area contributed by atoms with Gasteiger partial charge < -0.3 is 4.42 Å². The molecule has 0 bridgehead atoms. The van der Waals surface area contributed by atoms with E-state index in [4.69, 9.17) is 4.42 Å². The molecule has 0 unspecified atom stereocenters. The topological polar surface area (TPSA) is 94.2 Å².